The summed E-state index contributed by atoms with van der Waals surface area (Å²) in [6.07, 6.45) is 6.53. The molecule has 0 spiro atoms. The minimum absolute atomic E-state index is 0.111. The third kappa shape index (κ3) is 5.25. The van der Waals surface area contributed by atoms with Gasteiger partial charge in [0.1, 0.15) is 6.04 Å². The molecule has 2 aromatic rings. The first-order chi connectivity index (χ1) is 17.5. The number of rotatable bonds is 8. The summed E-state index contributed by atoms with van der Waals surface area (Å²) in [5, 5.41) is 2.24. The van der Waals surface area contributed by atoms with Gasteiger partial charge in [-0.15, -0.1) is 11.8 Å². The number of carbonyl (C=O) groups excluding carboxylic acids is 4. The maximum absolute atomic E-state index is 13.2. The number of nitrogens with one attached hydrogen (secondary N) is 1. The number of piperidine rings is 2. The molecule has 4 amide bonds. The van der Waals surface area contributed by atoms with Crippen molar-refractivity contribution >= 4 is 35.4 Å². The van der Waals surface area contributed by atoms with Crippen LogP contribution in [-0.2, 0) is 21.8 Å². The molecule has 8 heteroatoms. The Hall–Kier alpha value is -2.97. The highest BCUT2D eigenvalue weighted by Crippen LogP contribution is 2.35. The number of benzene rings is 2. The molecule has 7 nitrogen and oxygen atoms in total. The van der Waals surface area contributed by atoms with E-state index >= 15 is 0 Å². The van der Waals surface area contributed by atoms with Crippen LogP contribution in [0, 0.1) is 0 Å². The Morgan fingerprint density at radius 2 is 1.64 bits per heavy atom. The van der Waals surface area contributed by atoms with Crippen molar-refractivity contribution in [2.45, 2.75) is 61.6 Å². The van der Waals surface area contributed by atoms with Crippen LogP contribution in [0.15, 0.2) is 47.4 Å². The third-order valence-corrected chi connectivity index (χ3v) is 8.36. The van der Waals surface area contributed by atoms with Crippen LogP contribution in [0.2, 0.25) is 0 Å². The van der Waals surface area contributed by atoms with Crippen molar-refractivity contribution in [3.05, 3.63) is 64.7 Å². The summed E-state index contributed by atoms with van der Waals surface area (Å²) in [5.41, 5.74) is 3.16. The first-order valence-corrected chi connectivity index (χ1v) is 13.8. The van der Waals surface area contributed by atoms with Crippen LogP contribution in [0.25, 0.3) is 0 Å². The normalized spacial score (nSPS) is 20.6. The van der Waals surface area contributed by atoms with Crippen molar-refractivity contribution in [3.8, 4) is 0 Å². The van der Waals surface area contributed by atoms with E-state index in [1.807, 2.05) is 6.07 Å². The predicted octanol–water partition coefficient (Wildman–Crippen LogP) is 3.80. The molecule has 0 aromatic heterocycles. The van der Waals surface area contributed by atoms with Gasteiger partial charge in [-0.1, -0.05) is 36.8 Å². The fourth-order valence-corrected chi connectivity index (χ4v) is 6.29. The van der Waals surface area contributed by atoms with Crippen LogP contribution in [-0.4, -0.2) is 59.1 Å². The standard InChI is InChI=1S/C28H31N3O4S/c32-24-14-13-22(26(33)29-24)31-27(34)21-7-4-8-23(25(21)28(31)35)36-18-20-11-9-19(10-12-20)6-5-17-30-15-2-1-3-16-30/h4,7-12,22H,1-3,5-6,13-18H2,(H,29,32,33). The second-order valence-corrected chi connectivity index (χ2v) is 10.8. The summed E-state index contributed by atoms with van der Waals surface area (Å²) < 4.78 is 0. The Kier molecular flexibility index (Phi) is 7.53. The highest BCUT2D eigenvalue weighted by atomic mass is 32.2. The molecule has 3 aliphatic rings. The molecule has 0 radical (unpaired) electrons. The Morgan fingerprint density at radius 1 is 0.889 bits per heavy atom. The SMILES string of the molecule is O=C1CCC(N2C(=O)c3cccc(SCc4ccc(CCCN5CCCCC5)cc4)c3C2=O)C(=O)N1. The summed E-state index contributed by atoms with van der Waals surface area (Å²) in [6, 6.07) is 12.9. The summed E-state index contributed by atoms with van der Waals surface area (Å²) in [5.74, 6) is -1.23. The molecule has 3 heterocycles. The van der Waals surface area contributed by atoms with E-state index in [-0.39, 0.29) is 18.7 Å². The Balaban J connectivity index is 1.20. The van der Waals surface area contributed by atoms with Gasteiger partial charge in [0, 0.05) is 17.1 Å². The van der Waals surface area contributed by atoms with Gasteiger partial charge in [-0.25, -0.2) is 0 Å². The number of carbonyl (C=O) groups is 4. The van der Waals surface area contributed by atoms with Crippen LogP contribution < -0.4 is 5.32 Å². The molecule has 1 unspecified atom stereocenters. The van der Waals surface area contributed by atoms with E-state index in [1.54, 1.807) is 12.1 Å². The lowest BCUT2D eigenvalue weighted by Gasteiger charge is -2.27. The summed E-state index contributed by atoms with van der Waals surface area (Å²) in [6.45, 7) is 3.64. The smallest absolute Gasteiger partial charge is 0.263 e. The molecule has 1 atom stereocenters. The molecule has 3 aliphatic heterocycles. The van der Waals surface area contributed by atoms with Crippen molar-refractivity contribution in [2.24, 2.45) is 0 Å². The average molecular weight is 506 g/mol. The molecule has 188 valence electrons. The molecule has 2 fully saturated rings. The van der Waals surface area contributed by atoms with Gasteiger partial charge in [0.25, 0.3) is 11.8 Å². The van der Waals surface area contributed by atoms with Gasteiger partial charge in [-0.05, 0) is 75.0 Å². The maximum Gasteiger partial charge on any atom is 0.263 e. The van der Waals surface area contributed by atoms with Gasteiger partial charge in [0.15, 0.2) is 0 Å². The van der Waals surface area contributed by atoms with Crippen molar-refractivity contribution in [1.29, 1.82) is 0 Å². The largest absolute Gasteiger partial charge is 0.303 e. The van der Waals surface area contributed by atoms with Gasteiger partial charge in [-0.2, -0.15) is 0 Å². The lowest BCUT2D eigenvalue weighted by atomic mass is 10.0. The van der Waals surface area contributed by atoms with E-state index in [1.165, 1.54) is 62.6 Å². The summed E-state index contributed by atoms with van der Waals surface area (Å²) in [4.78, 5) is 54.4. The molecule has 2 saturated heterocycles. The minimum atomic E-state index is -0.949. The molecule has 1 N–H and O–H groups in total. The van der Waals surface area contributed by atoms with Crippen LogP contribution in [0.1, 0.15) is 70.4 Å². The zero-order valence-corrected chi connectivity index (χ0v) is 21.1. The molecule has 0 bridgehead atoms. The van der Waals surface area contributed by atoms with Crippen LogP contribution in [0.3, 0.4) is 0 Å². The monoisotopic (exact) mass is 505 g/mol. The first-order valence-electron chi connectivity index (χ1n) is 12.8. The number of likely N-dealkylation sites (tertiary alicyclic amines) is 1. The fraction of sp³-hybridized carbons (Fsp3) is 0.429. The molecular weight excluding hydrogens is 474 g/mol. The second-order valence-electron chi connectivity index (χ2n) is 9.74. The minimum Gasteiger partial charge on any atom is -0.303 e. The topological polar surface area (TPSA) is 86.8 Å². The molecule has 2 aromatic carbocycles. The highest BCUT2D eigenvalue weighted by molar-refractivity contribution is 7.98. The van der Waals surface area contributed by atoms with Crippen LogP contribution in [0.4, 0.5) is 0 Å². The van der Waals surface area contributed by atoms with E-state index < -0.39 is 23.8 Å². The number of amides is 4. The molecule has 0 saturated carbocycles. The molecule has 5 rings (SSSR count). The number of hydrogen-bond donors (Lipinski definition) is 1. The second kappa shape index (κ2) is 11.0. The first kappa shape index (κ1) is 24.7. The lowest BCUT2D eigenvalue weighted by Crippen LogP contribution is -2.54. The molecule has 0 aliphatic carbocycles. The summed E-state index contributed by atoms with van der Waals surface area (Å²) in [7, 11) is 0. The number of aryl methyl sites for hydroxylation is 1. The van der Waals surface area contributed by atoms with Crippen molar-refractivity contribution in [1.82, 2.24) is 15.1 Å². The van der Waals surface area contributed by atoms with Gasteiger partial charge < -0.3 is 4.90 Å². The Labute approximate surface area is 215 Å². The number of fused-ring (bicyclic) bond motifs is 1. The zero-order valence-electron chi connectivity index (χ0n) is 20.3. The number of thioether (sulfide) groups is 1. The van der Waals surface area contributed by atoms with Crippen LogP contribution in [0.5, 0.6) is 0 Å². The van der Waals surface area contributed by atoms with E-state index in [4.69, 9.17) is 0 Å². The zero-order chi connectivity index (χ0) is 25.1. The van der Waals surface area contributed by atoms with E-state index in [0.29, 0.717) is 16.9 Å². The van der Waals surface area contributed by atoms with Crippen molar-refractivity contribution in [2.75, 3.05) is 19.6 Å². The van der Waals surface area contributed by atoms with E-state index in [0.717, 1.165) is 21.8 Å². The van der Waals surface area contributed by atoms with E-state index in [9.17, 15) is 19.2 Å². The number of imide groups is 2. The van der Waals surface area contributed by atoms with Crippen molar-refractivity contribution < 1.29 is 19.2 Å². The van der Waals surface area contributed by atoms with Crippen molar-refractivity contribution in [3.63, 3.8) is 0 Å². The third-order valence-electron chi connectivity index (χ3n) is 7.24. The van der Waals surface area contributed by atoms with Gasteiger partial charge in [0.2, 0.25) is 11.8 Å². The quantitative estimate of drug-likeness (QED) is 0.434. The average Bonchev–Trinajstić information content (AvgIpc) is 3.14. The molecular formula is C28H31N3O4S. The Bertz CT molecular complexity index is 1170. The summed E-state index contributed by atoms with van der Waals surface area (Å²) >= 11 is 1.52. The fourth-order valence-electron chi connectivity index (χ4n) is 5.26. The highest BCUT2D eigenvalue weighted by Gasteiger charge is 2.45. The predicted molar refractivity (Wildman–Crippen MR) is 138 cm³/mol. The van der Waals surface area contributed by atoms with Gasteiger partial charge in [-0.3, -0.25) is 29.4 Å². The number of nitrogens with zero attached hydrogens (tertiary/aromatic N) is 2. The maximum atomic E-state index is 13.2. The lowest BCUT2D eigenvalue weighted by molar-refractivity contribution is -0.136. The van der Waals surface area contributed by atoms with E-state index in [2.05, 4.69) is 34.5 Å². The van der Waals surface area contributed by atoms with Gasteiger partial charge >= 0.3 is 0 Å². The number of hydrogen-bond acceptors (Lipinski definition) is 6. The molecule has 36 heavy (non-hydrogen) atoms. The Morgan fingerprint density at radius 3 is 2.39 bits per heavy atom. The van der Waals surface area contributed by atoms with Gasteiger partial charge in [0.05, 0.1) is 11.1 Å². The van der Waals surface area contributed by atoms with Crippen LogP contribution >= 0.6 is 11.8 Å².